The van der Waals surface area contributed by atoms with Gasteiger partial charge in [0.15, 0.2) is 5.96 Å². The molecule has 0 aromatic rings. The summed E-state index contributed by atoms with van der Waals surface area (Å²) in [4.78, 5) is 9.17. The third-order valence-electron chi connectivity index (χ3n) is 0. The number of carbonyl (C=O) groups is 1. The van der Waals surface area contributed by atoms with Gasteiger partial charge in [-0.15, -0.1) is 0 Å². The van der Waals surface area contributed by atoms with Crippen LogP contribution in [0.5, 0.6) is 0 Å². The molecule has 0 radical (unpaired) electrons. The van der Waals surface area contributed by atoms with E-state index in [0.717, 1.165) is 0 Å². The summed E-state index contributed by atoms with van der Waals surface area (Å²) in [6.07, 6.45) is 0. The van der Waals surface area contributed by atoms with Gasteiger partial charge >= 0.3 is 0 Å². The Bertz CT molecular complexity index is 73.3. The van der Waals surface area contributed by atoms with Crippen LogP contribution >= 0.6 is 25.3 Å². The Morgan fingerprint density at radius 2 is 1.38 bits per heavy atom. The lowest BCUT2D eigenvalue weighted by molar-refractivity contribution is 0.277. The average molecular weight is 153 g/mol. The summed E-state index contributed by atoms with van der Waals surface area (Å²) in [7, 11) is 0. The third kappa shape index (κ3) is 937. The monoisotopic (exact) mass is 153 g/mol. The summed E-state index contributed by atoms with van der Waals surface area (Å²) < 4.78 is -0.444. The molecule has 0 unspecified atom stereocenters. The zero-order valence-electron chi connectivity index (χ0n) is 3.96. The zero-order chi connectivity index (χ0) is 7.15. The van der Waals surface area contributed by atoms with Crippen molar-refractivity contribution in [2.24, 2.45) is 11.5 Å². The van der Waals surface area contributed by atoms with E-state index in [1.165, 1.54) is 0 Å². The van der Waals surface area contributed by atoms with Crippen LogP contribution in [-0.4, -0.2) is 10.4 Å². The van der Waals surface area contributed by atoms with Crippen LogP contribution in [0.15, 0.2) is 0 Å². The highest BCUT2D eigenvalue weighted by Gasteiger charge is 1.65. The van der Waals surface area contributed by atoms with Crippen LogP contribution in [-0.2, 0) is 0 Å². The summed E-state index contributed by atoms with van der Waals surface area (Å²) in [5.41, 5.74) is 8.94. The Hall–Kier alpha value is -0.360. The molecule has 0 amide bonds. The molecule has 0 aliphatic rings. The van der Waals surface area contributed by atoms with Crippen molar-refractivity contribution in [3.8, 4) is 0 Å². The molecule has 8 heavy (non-hydrogen) atoms. The second-order valence-corrected chi connectivity index (χ2v) is 1.90. The maximum Gasteiger partial charge on any atom is 0.239 e. The topological polar surface area (TPSA) is 93.0 Å². The minimum atomic E-state index is -0.444. The van der Waals surface area contributed by atoms with Crippen molar-refractivity contribution in [2.75, 3.05) is 0 Å². The van der Waals surface area contributed by atoms with Gasteiger partial charge in [0.25, 0.3) is 0 Å². The highest BCUT2D eigenvalue weighted by atomic mass is 32.2. The molecular weight excluding hydrogens is 146 g/mol. The number of carbonyl (C=O) groups excluding carboxylic acids is 1. The Kier molecular flexibility index (Phi) is 8.79. The molecule has 0 aliphatic carbocycles. The van der Waals surface area contributed by atoms with Crippen LogP contribution in [0, 0.1) is 5.41 Å². The maximum atomic E-state index is 9.17. The first-order chi connectivity index (χ1) is 3.46. The minimum absolute atomic E-state index is 0.333. The molecule has 0 bridgehead atoms. The molecule has 0 saturated carbocycles. The fraction of sp³-hybridized carbons (Fsp3) is 0. The summed E-state index contributed by atoms with van der Waals surface area (Å²) >= 11 is 6.38. The van der Waals surface area contributed by atoms with Gasteiger partial charge in [0.05, 0.1) is 0 Å². The molecule has 0 fully saturated rings. The van der Waals surface area contributed by atoms with Crippen molar-refractivity contribution in [1.82, 2.24) is 0 Å². The summed E-state index contributed by atoms with van der Waals surface area (Å²) in [6.45, 7) is 0. The summed E-state index contributed by atoms with van der Waals surface area (Å²) in [6, 6.07) is 0. The highest BCUT2D eigenvalue weighted by molar-refractivity contribution is 8.23. The quantitative estimate of drug-likeness (QED) is 0.190. The summed E-state index contributed by atoms with van der Waals surface area (Å²) in [5, 5.41) is 6.06. The number of rotatable bonds is 0. The van der Waals surface area contributed by atoms with E-state index in [9.17, 15) is 4.79 Å². The second kappa shape index (κ2) is 6.64. The number of thiol groups is 2. The smallest absolute Gasteiger partial charge is 0.239 e. The SMILES string of the molecule is N=C(N)N.O=C(S)S. The second-order valence-electron chi connectivity index (χ2n) is 0.738. The van der Waals surface area contributed by atoms with E-state index in [2.05, 4.69) is 36.7 Å². The van der Waals surface area contributed by atoms with E-state index in [4.69, 9.17) is 5.41 Å². The van der Waals surface area contributed by atoms with E-state index >= 15 is 0 Å². The Morgan fingerprint density at radius 1 is 1.38 bits per heavy atom. The largest absolute Gasteiger partial charge is 0.370 e. The fourth-order valence-electron chi connectivity index (χ4n) is 0. The van der Waals surface area contributed by atoms with E-state index in [-0.39, 0.29) is 5.96 Å². The van der Waals surface area contributed by atoms with Crippen molar-refractivity contribution >= 4 is 35.7 Å². The molecule has 48 valence electrons. The normalized spacial score (nSPS) is 6.25. The highest BCUT2D eigenvalue weighted by Crippen LogP contribution is 1.81. The van der Waals surface area contributed by atoms with E-state index < -0.39 is 4.45 Å². The Morgan fingerprint density at radius 3 is 1.38 bits per heavy atom. The van der Waals surface area contributed by atoms with Crippen LogP contribution in [0.2, 0.25) is 0 Å². The number of nitrogens with one attached hydrogen (secondary N) is 1. The molecule has 6 heteroatoms. The Balaban J connectivity index is 0. The van der Waals surface area contributed by atoms with Gasteiger partial charge in [-0.3, -0.25) is 10.2 Å². The molecule has 0 heterocycles. The molecule has 5 N–H and O–H groups in total. The van der Waals surface area contributed by atoms with Crippen LogP contribution in [0.25, 0.3) is 0 Å². The molecule has 0 rings (SSSR count). The van der Waals surface area contributed by atoms with Gasteiger partial charge in [0.2, 0.25) is 4.45 Å². The average Bonchev–Trinajstić information content (AvgIpc) is 1.25. The number of hydrogen-bond donors (Lipinski definition) is 5. The standard InChI is InChI=1S/CH5N3.CH2OS2/c2*2-1(3)4/h(H5,2,3,4);(H2,2,3,4). The molecule has 0 saturated heterocycles. The lowest BCUT2D eigenvalue weighted by Gasteiger charge is -1.69. The maximum absolute atomic E-state index is 9.17. The van der Waals surface area contributed by atoms with Crippen LogP contribution in [0.1, 0.15) is 0 Å². The van der Waals surface area contributed by atoms with Crippen molar-refractivity contribution < 1.29 is 4.79 Å². The van der Waals surface area contributed by atoms with Gasteiger partial charge in [0.1, 0.15) is 0 Å². The predicted molar refractivity (Wildman–Crippen MR) is 39.5 cm³/mol. The van der Waals surface area contributed by atoms with E-state index in [0.29, 0.717) is 0 Å². The molecule has 0 aromatic carbocycles. The van der Waals surface area contributed by atoms with Gasteiger partial charge in [-0.05, 0) is 0 Å². The van der Waals surface area contributed by atoms with Gasteiger partial charge < -0.3 is 11.5 Å². The third-order valence-corrected chi connectivity index (χ3v) is 0. The van der Waals surface area contributed by atoms with E-state index in [1.807, 2.05) is 0 Å². The number of nitrogens with two attached hydrogens (primary N) is 2. The molecule has 0 atom stereocenters. The van der Waals surface area contributed by atoms with Crippen molar-refractivity contribution in [1.29, 1.82) is 5.41 Å². The van der Waals surface area contributed by atoms with Gasteiger partial charge in [-0.2, -0.15) is 0 Å². The summed E-state index contributed by atoms with van der Waals surface area (Å²) in [5.74, 6) is -0.333. The van der Waals surface area contributed by atoms with Crippen molar-refractivity contribution in [2.45, 2.75) is 0 Å². The Labute approximate surface area is 57.9 Å². The first-order valence-electron chi connectivity index (χ1n) is 1.48. The molecule has 0 aromatic heterocycles. The molecule has 0 aliphatic heterocycles. The first kappa shape index (κ1) is 10.6. The molecule has 4 nitrogen and oxygen atoms in total. The van der Waals surface area contributed by atoms with Gasteiger partial charge in [0, 0.05) is 0 Å². The fourth-order valence-corrected chi connectivity index (χ4v) is 0. The lowest BCUT2D eigenvalue weighted by Crippen LogP contribution is -2.20. The van der Waals surface area contributed by atoms with E-state index in [1.54, 1.807) is 0 Å². The predicted octanol–water partition coefficient (Wildman–Crippen LogP) is -0.195. The van der Waals surface area contributed by atoms with Crippen molar-refractivity contribution in [3.63, 3.8) is 0 Å². The zero-order valence-corrected chi connectivity index (χ0v) is 5.75. The van der Waals surface area contributed by atoms with Crippen LogP contribution in [0.4, 0.5) is 4.79 Å². The lowest BCUT2D eigenvalue weighted by atomic mass is 11.1. The van der Waals surface area contributed by atoms with Crippen molar-refractivity contribution in [3.05, 3.63) is 0 Å². The van der Waals surface area contributed by atoms with Crippen LogP contribution < -0.4 is 11.5 Å². The molecular formula is C2H7N3OS2. The minimum Gasteiger partial charge on any atom is -0.370 e. The van der Waals surface area contributed by atoms with Gasteiger partial charge in [-0.1, -0.05) is 25.3 Å². The molecule has 0 spiro atoms. The number of guanidine groups is 1. The van der Waals surface area contributed by atoms with Crippen LogP contribution in [0.3, 0.4) is 0 Å². The van der Waals surface area contributed by atoms with Gasteiger partial charge in [-0.25, -0.2) is 0 Å². The first-order valence-corrected chi connectivity index (χ1v) is 2.37. The number of hydrogen-bond acceptors (Lipinski definition) is 2.